The standard InChI is InChI=1S/C15H13F3N6O2/c16-15(17,18)14-19-12-8-22(5-6-23(12)21-14)9-24-13(25)4-3-10(20-24)11-2-1-7-26-11/h1-4,7H,5-6,8-9H2. The molecule has 0 spiro atoms. The Morgan fingerprint density at radius 2 is 2.00 bits per heavy atom. The van der Waals surface area contributed by atoms with Crippen LogP contribution in [0.2, 0.25) is 0 Å². The van der Waals surface area contributed by atoms with E-state index in [2.05, 4.69) is 15.2 Å². The second-order valence-electron chi connectivity index (χ2n) is 5.80. The molecule has 0 radical (unpaired) electrons. The number of furan rings is 1. The van der Waals surface area contributed by atoms with Gasteiger partial charge < -0.3 is 4.42 Å². The Morgan fingerprint density at radius 3 is 2.73 bits per heavy atom. The topological polar surface area (TPSA) is 82.0 Å². The van der Waals surface area contributed by atoms with Crippen LogP contribution in [0.15, 0.2) is 39.7 Å². The van der Waals surface area contributed by atoms with Crippen molar-refractivity contribution in [2.45, 2.75) is 25.9 Å². The van der Waals surface area contributed by atoms with Gasteiger partial charge in [-0.2, -0.15) is 18.3 Å². The molecule has 26 heavy (non-hydrogen) atoms. The van der Waals surface area contributed by atoms with Gasteiger partial charge in [0.1, 0.15) is 11.5 Å². The monoisotopic (exact) mass is 366 g/mol. The summed E-state index contributed by atoms with van der Waals surface area (Å²) in [6.45, 7) is 0.946. The Balaban J connectivity index is 1.55. The maximum Gasteiger partial charge on any atom is 0.453 e. The molecule has 3 aromatic rings. The zero-order valence-electron chi connectivity index (χ0n) is 13.3. The number of aromatic nitrogens is 5. The van der Waals surface area contributed by atoms with Crippen LogP contribution in [0, 0.1) is 0 Å². The molecule has 0 saturated carbocycles. The maximum absolute atomic E-state index is 12.7. The van der Waals surface area contributed by atoms with E-state index in [1.165, 1.54) is 21.7 Å². The molecule has 4 heterocycles. The van der Waals surface area contributed by atoms with Crippen molar-refractivity contribution < 1.29 is 17.6 Å². The number of hydrogen-bond donors (Lipinski definition) is 0. The van der Waals surface area contributed by atoms with Gasteiger partial charge in [-0.05, 0) is 18.2 Å². The van der Waals surface area contributed by atoms with Crippen molar-refractivity contribution in [1.82, 2.24) is 29.4 Å². The molecular formula is C15H13F3N6O2. The van der Waals surface area contributed by atoms with E-state index in [-0.39, 0.29) is 31.1 Å². The third-order valence-electron chi connectivity index (χ3n) is 3.97. The van der Waals surface area contributed by atoms with Gasteiger partial charge in [-0.25, -0.2) is 14.3 Å². The molecule has 1 aliphatic heterocycles. The SMILES string of the molecule is O=c1ccc(-c2ccco2)nn1CN1CCn2nc(C(F)(F)F)nc2C1. The van der Waals surface area contributed by atoms with Gasteiger partial charge in [-0.1, -0.05) is 0 Å². The molecule has 0 amide bonds. The third-order valence-corrected chi connectivity index (χ3v) is 3.97. The molecule has 0 saturated heterocycles. The van der Waals surface area contributed by atoms with Gasteiger partial charge in [-0.15, -0.1) is 5.10 Å². The highest BCUT2D eigenvalue weighted by atomic mass is 19.4. The van der Waals surface area contributed by atoms with Crippen molar-refractivity contribution in [3.8, 4) is 11.5 Å². The maximum atomic E-state index is 12.7. The van der Waals surface area contributed by atoms with Gasteiger partial charge >= 0.3 is 6.18 Å². The van der Waals surface area contributed by atoms with Gasteiger partial charge in [0.15, 0.2) is 5.76 Å². The minimum Gasteiger partial charge on any atom is -0.463 e. The number of alkyl halides is 3. The summed E-state index contributed by atoms with van der Waals surface area (Å²) in [6.07, 6.45) is -3.08. The molecule has 0 fully saturated rings. The lowest BCUT2D eigenvalue weighted by Crippen LogP contribution is -2.39. The number of hydrogen-bond acceptors (Lipinski definition) is 6. The summed E-state index contributed by atoms with van der Waals surface area (Å²) in [5, 5.41) is 7.74. The normalized spacial score (nSPS) is 15.2. The predicted molar refractivity (Wildman–Crippen MR) is 81.6 cm³/mol. The fourth-order valence-corrected chi connectivity index (χ4v) is 2.72. The lowest BCUT2D eigenvalue weighted by atomic mass is 10.3. The molecule has 0 N–H and O–H groups in total. The van der Waals surface area contributed by atoms with Gasteiger partial charge in [0, 0.05) is 12.6 Å². The van der Waals surface area contributed by atoms with Crippen LogP contribution in [0.1, 0.15) is 11.6 Å². The summed E-state index contributed by atoms with van der Waals surface area (Å²) in [7, 11) is 0. The Hall–Kier alpha value is -2.95. The van der Waals surface area contributed by atoms with E-state index in [1.54, 1.807) is 23.1 Å². The highest BCUT2D eigenvalue weighted by molar-refractivity contribution is 5.50. The first-order valence-electron chi connectivity index (χ1n) is 7.75. The first-order chi connectivity index (χ1) is 12.4. The van der Waals surface area contributed by atoms with Crippen LogP contribution < -0.4 is 5.56 Å². The second-order valence-corrected chi connectivity index (χ2v) is 5.80. The third kappa shape index (κ3) is 3.12. The summed E-state index contributed by atoms with van der Waals surface area (Å²) in [5.74, 6) is -0.421. The summed E-state index contributed by atoms with van der Waals surface area (Å²) in [4.78, 5) is 17.4. The molecule has 4 rings (SSSR count). The van der Waals surface area contributed by atoms with E-state index in [0.717, 1.165) is 0 Å². The van der Waals surface area contributed by atoms with Crippen molar-refractivity contribution in [1.29, 1.82) is 0 Å². The molecular weight excluding hydrogens is 353 g/mol. The second kappa shape index (κ2) is 6.09. The van der Waals surface area contributed by atoms with Crippen molar-refractivity contribution in [2.75, 3.05) is 6.54 Å². The Bertz CT molecular complexity index is 976. The molecule has 1 aliphatic rings. The number of fused-ring (bicyclic) bond motifs is 1. The van der Waals surface area contributed by atoms with E-state index in [0.29, 0.717) is 18.0 Å². The van der Waals surface area contributed by atoms with Crippen LogP contribution in [0.5, 0.6) is 0 Å². The average Bonchev–Trinajstić information content (AvgIpc) is 3.25. The molecule has 0 aromatic carbocycles. The van der Waals surface area contributed by atoms with Crippen LogP contribution in [0.25, 0.3) is 11.5 Å². The fraction of sp³-hybridized carbons (Fsp3) is 0.333. The van der Waals surface area contributed by atoms with Gasteiger partial charge in [-0.3, -0.25) is 9.69 Å². The van der Waals surface area contributed by atoms with E-state index in [9.17, 15) is 18.0 Å². The molecule has 0 unspecified atom stereocenters. The van der Waals surface area contributed by atoms with Crippen molar-refractivity contribution in [3.05, 3.63) is 52.5 Å². The quantitative estimate of drug-likeness (QED) is 0.700. The van der Waals surface area contributed by atoms with Crippen LogP contribution >= 0.6 is 0 Å². The Labute approximate surface area is 144 Å². The zero-order chi connectivity index (χ0) is 18.3. The van der Waals surface area contributed by atoms with Crippen molar-refractivity contribution in [3.63, 3.8) is 0 Å². The van der Waals surface area contributed by atoms with Crippen LogP contribution in [-0.2, 0) is 25.9 Å². The molecule has 8 nitrogen and oxygen atoms in total. The zero-order valence-corrected chi connectivity index (χ0v) is 13.3. The largest absolute Gasteiger partial charge is 0.463 e. The summed E-state index contributed by atoms with van der Waals surface area (Å²) >= 11 is 0. The highest BCUT2D eigenvalue weighted by Crippen LogP contribution is 2.27. The van der Waals surface area contributed by atoms with E-state index in [4.69, 9.17) is 4.42 Å². The van der Waals surface area contributed by atoms with E-state index >= 15 is 0 Å². The highest BCUT2D eigenvalue weighted by Gasteiger charge is 2.37. The predicted octanol–water partition coefficient (Wildman–Crippen LogP) is 1.59. The molecule has 136 valence electrons. The Morgan fingerprint density at radius 1 is 1.15 bits per heavy atom. The summed E-state index contributed by atoms with van der Waals surface area (Å²) in [6, 6.07) is 6.36. The summed E-state index contributed by atoms with van der Waals surface area (Å²) in [5.41, 5.74) is 0.178. The lowest BCUT2D eigenvalue weighted by molar-refractivity contribution is -0.145. The van der Waals surface area contributed by atoms with Crippen molar-refractivity contribution in [2.24, 2.45) is 0 Å². The van der Waals surface area contributed by atoms with Gasteiger partial charge in [0.05, 0.1) is 26.0 Å². The summed E-state index contributed by atoms with van der Waals surface area (Å²) < 4.78 is 46.0. The van der Waals surface area contributed by atoms with Crippen LogP contribution in [-0.4, -0.2) is 36.0 Å². The van der Waals surface area contributed by atoms with E-state index in [1.807, 2.05) is 0 Å². The minimum atomic E-state index is -4.58. The number of halogens is 3. The van der Waals surface area contributed by atoms with Crippen LogP contribution in [0.4, 0.5) is 13.2 Å². The smallest absolute Gasteiger partial charge is 0.453 e. The number of nitrogens with zero attached hydrogens (tertiary/aromatic N) is 6. The molecule has 3 aromatic heterocycles. The van der Waals surface area contributed by atoms with Gasteiger partial charge in [0.2, 0.25) is 0 Å². The Kier molecular flexibility index (Phi) is 3.87. The molecule has 0 atom stereocenters. The van der Waals surface area contributed by atoms with Gasteiger partial charge in [0.25, 0.3) is 11.4 Å². The molecule has 11 heteroatoms. The fourth-order valence-electron chi connectivity index (χ4n) is 2.72. The average molecular weight is 366 g/mol. The van der Waals surface area contributed by atoms with Crippen molar-refractivity contribution >= 4 is 0 Å². The first-order valence-corrected chi connectivity index (χ1v) is 7.75. The first kappa shape index (κ1) is 16.5. The van der Waals surface area contributed by atoms with E-state index < -0.39 is 12.0 Å². The lowest BCUT2D eigenvalue weighted by Gasteiger charge is -2.26. The molecule has 0 bridgehead atoms. The van der Waals surface area contributed by atoms with Crippen LogP contribution in [0.3, 0.4) is 0 Å². The minimum absolute atomic E-state index is 0.127. The molecule has 0 aliphatic carbocycles. The number of rotatable bonds is 3.